The van der Waals surface area contributed by atoms with Crippen LogP contribution in [0, 0.1) is 5.82 Å². The molecule has 34 heavy (non-hydrogen) atoms. The van der Waals surface area contributed by atoms with E-state index >= 15 is 0 Å². The average molecular weight is 499 g/mol. The number of hydrogen-bond acceptors (Lipinski definition) is 8. The summed E-state index contributed by atoms with van der Waals surface area (Å²) in [6, 6.07) is 12.7. The number of benzene rings is 2. The van der Waals surface area contributed by atoms with Crippen LogP contribution < -0.4 is 10.9 Å². The van der Waals surface area contributed by atoms with Crippen molar-refractivity contribution in [3.8, 4) is 5.69 Å². The highest BCUT2D eigenvalue weighted by atomic mass is 32.2. The average Bonchev–Trinajstić information content (AvgIpc) is 3.25. The molecule has 0 saturated carbocycles. The zero-order valence-corrected chi connectivity index (χ0v) is 19.6. The summed E-state index contributed by atoms with van der Waals surface area (Å²) < 4.78 is 20.6. The molecule has 11 heteroatoms. The van der Waals surface area contributed by atoms with Gasteiger partial charge in [0.2, 0.25) is 5.91 Å². The number of ether oxygens (including phenoxy) is 1. The van der Waals surface area contributed by atoms with E-state index in [9.17, 15) is 18.8 Å². The molecule has 2 aromatic heterocycles. The number of carbonyl (C=O) groups is 2. The predicted molar refractivity (Wildman–Crippen MR) is 129 cm³/mol. The summed E-state index contributed by atoms with van der Waals surface area (Å²) in [5.74, 6) is -1.45. The summed E-state index contributed by atoms with van der Waals surface area (Å²) in [7, 11) is 0. The summed E-state index contributed by atoms with van der Waals surface area (Å²) in [4.78, 5) is 46.0. The van der Waals surface area contributed by atoms with Crippen LogP contribution >= 0.6 is 23.1 Å². The number of anilines is 1. The first kappa shape index (κ1) is 23.6. The molecule has 0 aliphatic carbocycles. The Morgan fingerprint density at radius 1 is 1.15 bits per heavy atom. The molecule has 0 bridgehead atoms. The number of aromatic nitrogens is 3. The van der Waals surface area contributed by atoms with Gasteiger partial charge in [-0.1, -0.05) is 36.0 Å². The monoisotopic (exact) mass is 498 g/mol. The summed E-state index contributed by atoms with van der Waals surface area (Å²) in [6.07, 6.45) is 0.0187. The molecule has 1 N–H and O–H groups in total. The summed E-state index contributed by atoms with van der Waals surface area (Å²) in [6.45, 7) is 2.00. The summed E-state index contributed by atoms with van der Waals surface area (Å²) in [5.41, 5.74) is 0.571. The Kier molecular flexibility index (Phi) is 7.33. The number of nitrogens with one attached hydrogen (secondary N) is 1. The van der Waals surface area contributed by atoms with Crippen molar-refractivity contribution in [3.63, 3.8) is 0 Å². The molecule has 174 valence electrons. The predicted octanol–water partition coefficient (Wildman–Crippen LogP) is 3.82. The van der Waals surface area contributed by atoms with Crippen molar-refractivity contribution < 1.29 is 18.7 Å². The van der Waals surface area contributed by atoms with Gasteiger partial charge in [0.05, 0.1) is 41.1 Å². The van der Waals surface area contributed by atoms with Gasteiger partial charge in [0, 0.05) is 5.38 Å². The van der Waals surface area contributed by atoms with Crippen molar-refractivity contribution in [1.29, 1.82) is 0 Å². The lowest BCUT2D eigenvalue weighted by atomic mass is 10.2. The number of rotatable bonds is 8. The molecule has 1 amide bonds. The molecule has 0 unspecified atom stereocenters. The molecule has 0 aliphatic rings. The number of hydrogen-bond donors (Lipinski definition) is 1. The van der Waals surface area contributed by atoms with E-state index in [0.29, 0.717) is 21.7 Å². The Balaban J connectivity index is 1.54. The first-order valence-corrected chi connectivity index (χ1v) is 12.1. The first-order valence-electron chi connectivity index (χ1n) is 10.3. The molecule has 2 heterocycles. The highest BCUT2D eigenvalue weighted by Crippen LogP contribution is 2.23. The molecule has 0 saturated heterocycles. The highest BCUT2D eigenvalue weighted by molar-refractivity contribution is 7.99. The van der Waals surface area contributed by atoms with Crippen LogP contribution in [0.2, 0.25) is 0 Å². The quantitative estimate of drug-likeness (QED) is 0.224. The number of nitrogens with zero attached hydrogens (tertiary/aromatic N) is 3. The standard InChI is InChI=1S/C23H19FN4O4S2/c1-2-32-20(30)11-14-12-33-22(25-14)27-19(29)13-34-23-26-17-9-5-3-7-15(17)21(31)28(23)18-10-6-4-8-16(18)24/h3-10,12H,2,11,13H2,1H3,(H,25,27,29). The molecule has 8 nitrogen and oxygen atoms in total. The minimum atomic E-state index is -0.579. The molecule has 0 spiro atoms. The maximum Gasteiger partial charge on any atom is 0.311 e. The van der Waals surface area contributed by atoms with Gasteiger partial charge in [0.15, 0.2) is 10.3 Å². The molecule has 2 aromatic carbocycles. The van der Waals surface area contributed by atoms with E-state index in [4.69, 9.17) is 4.74 Å². The van der Waals surface area contributed by atoms with Gasteiger partial charge >= 0.3 is 5.97 Å². The zero-order valence-electron chi connectivity index (χ0n) is 18.0. The Morgan fingerprint density at radius 2 is 1.91 bits per heavy atom. The maximum absolute atomic E-state index is 14.5. The number of amides is 1. The van der Waals surface area contributed by atoms with Crippen LogP contribution in [0.15, 0.2) is 63.9 Å². The van der Waals surface area contributed by atoms with Crippen LogP contribution in [-0.4, -0.2) is 38.8 Å². The van der Waals surface area contributed by atoms with E-state index in [0.717, 1.165) is 11.8 Å². The van der Waals surface area contributed by atoms with Crippen LogP contribution in [0.5, 0.6) is 0 Å². The molecule has 0 radical (unpaired) electrons. The van der Waals surface area contributed by atoms with Crippen molar-refractivity contribution in [2.45, 2.75) is 18.5 Å². The van der Waals surface area contributed by atoms with Gasteiger partial charge in [-0.05, 0) is 31.2 Å². The summed E-state index contributed by atoms with van der Waals surface area (Å²) >= 11 is 2.19. The van der Waals surface area contributed by atoms with Crippen LogP contribution in [0.25, 0.3) is 16.6 Å². The topological polar surface area (TPSA) is 103 Å². The van der Waals surface area contributed by atoms with Crippen molar-refractivity contribution in [3.05, 3.63) is 75.8 Å². The smallest absolute Gasteiger partial charge is 0.311 e. The third-order valence-electron chi connectivity index (χ3n) is 4.60. The van der Waals surface area contributed by atoms with Crippen molar-refractivity contribution in [1.82, 2.24) is 14.5 Å². The van der Waals surface area contributed by atoms with Crippen LogP contribution in [-0.2, 0) is 20.7 Å². The molecule has 4 rings (SSSR count). The lowest BCUT2D eigenvalue weighted by Gasteiger charge is -2.13. The minimum absolute atomic E-state index is 0.0187. The van der Waals surface area contributed by atoms with Crippen LogP contribution in [0.4, 0.5) is 9.52 Å². The molecule has 4 aromatic rings. The molecular formula is C23H19FN4O4S2. The van der Waals surface area contributed by atoms with Gasteiger partial charge < -0.3 is 10.1 Å². The number of halogens is 1. The third kappa shape index (κ3) is 5.32. The highest BCUT2D eigenvalue weighted by Gasteiger charge is 2.17. The molecular weight excluding hydrogens is 479 g/mol. The number of esters is 1. The zero-order chi connectivity index (χ0) is 24.1. The van der Waals surface area contributed by atoms with Gasteiger partial charge in [0.1, 0.15) is 5.82 Å². The Morgan fingerprint density at radius 3 is 2.71 bits per heavy atom. The fraction of sp³-hybridized carbons (Fsp3) is 0.174. The van der Waals surface area contributed by atoms with E-state index < -0.39 is 17.3 Å². The Hall–Kier alpha value is -3.57. The lowest BCUT2D eigenvalue weighted by Crippen LogP contribution is -2.23. The number of para-hydroxylation sites is 2. The second-order valence-corrected chi connectivity index (χ2v) is 8.77. The normalized spacial score (nSPS) is 10.9. The number of thiazole rings is 1. The van der Waals surface area contributed by atoms with E-state index in [1.165, 1.54) is 34.1 Å². The van der Waals surface area contributed by atoms with E-state index in [2.05, 4.69) is 15.3 Å². The molecule has 0 atom stereocenters. The molecule has 0 fully saturated rings. The minimum Gasteiger partial charge on any atom is -0.466 e. The fourth-order valence-corrected chi connectivity index (χ4v) is 4.68. The fourth-order valence-electron chi connectivity index (χ4n) is 3.15. The van der Waals surface area contributed by atoms with Crippen molar-refractivity contribution in [2.24, 2.45) is 0 Å². The van der Waals surface area contributed by atoms with Crippen LogP contribution in [0.1, 0.15) is 12.6 Å². The lowest BCUT2D eigenvalue weighted by molar-refractivity contribution is -0.142. The number of carbonyl (C=O) groups excluding carboxylic acids is 2. The van der Waals surface area contributed by atoms with Gasteiger partial charge in [-0.25, -0.2) is 14.4 Å². The van der Waals surface area contributed by atoms with Crippen LogP contribution in [0.3, 0.4) is 0 Å². The second-order valence-electron chi connectivity index (χ2n) is 6.97. The number of thioether (sulfide) groups is 1. The van der Waals surface area contributed by atoms with Gasteiger partial charge in [-0.3, -0.25) is 19.0 Å². The SMILES string of the molecule is CCOC(=O)Cc1csc(NC(=O)CSc2nc3ccccc3c(=O)n2-c2ccccc2F)n1. The van der Waals surface area contributed by atoms with E-state index in [1.807, 2.05) is 0 Å². The first-order chi connectivity index (χ1) is 16.5. The Bertz CT molecular complexity index is 1420. The van der Waals surface area contributed by atoms with Gasteiger partial charge in [-0.2, -0.15) is 0 Å². The molecule has 0 aliphatic heterocycles. The maximum atomic E-state index is 14.5. The van der Waals surface area contributed by atoms with Gasteiger partial charge in [-0.15, -0.1) is 11.3 Å². The summed E-state index contributed by atoms with van der Waals surface area (Å²) in [5, 5.41) is 5.20. The van der Waals surface area contributed by atoms with Gasteiger partial charge in [0.25, 0.3) is 5.56 Å². The van der Waals surface area contributed by atoms with E-state index in [-0.39, 0.29) is 35.5 Å². The Labute approximate surface area is 201 Å². The number of fused-ring (bicyclic) bond motifs is 1. The largest absolute Gasteiger partial charge is 0.466 e. The van der Waals surface area contributed by atoms with Crippen molar-refractivity contribution in [2.75, 3.05) is 17.7 Å². The second kappa shape index (κ2) is 10.6. The third-order valence-corrected chi connectivity index (χ3v) is 6.34. The van der Waals surface area contributed by atoms with Crippen molar-refractivity contribution >= 4 is 51.0 Å². The van der Waals surface area contributed by atoms with E-state index in [1.54, 1.807) is 42.6 Å².